The highest BCUT2D eigenvalue weighted by molar-refractivity contribution is 7.00. The fraction of sp³-hybridized carbons (Fsp3) is 0.273. The van der Waals surface area contributed by atoms with Crippen LogP contribution in [0.4, 0.5) is 17.1 Å². The number of para-hydroxylation sites is 1. The van der Waals surface area contributed by atoms with Gasteiger partial charge >= 0.3 is 0 Å². The molecule has 0 radical (unpaired) electrons. The maximum atomic E-state index is 2.69. The molecule has 3 aliphatic rings. The Labute approximate surface area is 414 Å². The summed E-state index contributed by atoms with van der Waals surface area (Å²) < 4.78 is 5.25. The van der Waals surface area contributed by atoms with Gasteiger partial charge in [-0.3, -0.25) is 0 Å². The second kappa shape index (κ2) is 14.0. The van der Waals surface area contributed by atoms with Gasteiger partial charge in [0.15, 0.2) is 0 Å². The summed E-state index contributed by atoms with van der Waals surface area (Å²) in [7, 11) is 0. The van der Waals surface area contributed by atoms with Gasteiger partial charge in [-0.15, -0.1) is 0 Å². The normalized spacial score (nSPS) is 14.8. The first kappa shape index (κ1) is 43.3. The van der Waals surface area contributed by atoms with Crippen LogP contribution in [0.15, 0.2) is 133 Å². The van der Waals surface area contributed by atoms with E-state index >= 15 is 0 Å². The highest BCUT2D eigenvalue weighted by Crippen LogP contribution is 2.53. The van der Waals surface area contributed by atoms with Gasteiger partial charge in [0.05, 0.1) is 27.8 Å². The first-order valence-electron chi connectivity index (χ1n) is 25.6. The summed E-state index contributed by atoms with van der Waals surface area (Å²) in [5.41, 5.74) is 28.5. The molecule has 10 aromatic rings. The van der Waals surface area contributed by atoms with Gasteiger partial charge in [0, 0.05) is 49.7 Å². The Morgan fingerprint density at radius 3 is 1.84 bits per heavy atom. The molecule has 0 fully saturated rings. The highest BCUT2D eigenvalue weighted by atomic mass is 15.2. The van der Waals surface area contributed by atoms with Gasteiger partial charge in [-0.1, -0.05) is 161 Å². The van der Waals surface area contributed by atoms with E-state index in [9.17, 15) is 0 Å². The molecular formula is C66H64BN3. The zero-order valence-corrected chi connectivity index (χ0v) is 43.6. The van der Waals surface area contributed by atoms with Crippen LogP contribution >= 0.6 is 0 Å². The third-order valence-electron chi connectivity index (χ3n) is 16.8. The van der Waals surface area contributed by atoms with E-state index in [4.69, 9.17) is 0 Å². The zero-order valence-electron chi connectivity index (χ0n) is 43.6. The van der Waals surface area contributed by atoms with Crippen molar-refractivity contribution >= 4 is 83.8 Å². The number of anilines is 3. The average molecular weight is 910 g/mol. The standard InChI is InChI=1S/C66H64BN3/c1-37-22-27-53-45(30-37)46-34-52-57(36-56(46)70(53)61-38(2)18-17-19-39(61)3)68(42-25-26-44-43-20-15-16-21-48(43)66(13,14)49(44)33-42)58-35-50(65(10,11)12)59-47-31-40(63(4,5)6)23-28-54(47)69-55-29-24-41(64(7,8)9)32-51(55)67(52)60(58)62(59)69/h15-36H,1-14H3. The smallest absolute Gasteiger partial charge is 0.252 e. The van der Waals surface area contributed by atoms with Crippen LogP contribution in [-0.4, -0.2) is 15.8 Å². The fourth-order valence-electron chi connectivity index (χ4n) is 13.2. The van der Waals surface area contributed by atoms with E-state index in [0.717, 1.165) is 0 Å². The first-order valence-corrected chi connectivity index (χ1v) is 25.6. The molecule has 0 amide bonds. The van der Waals surface area contributed by atoms with Crippen molar-refractivity contribution in [3.05, 3.63) is 178 Å². The van der Waals surface area contributed by atoms with Crippen molar-refractivity contribution in [1.82, 2.24) is 9.13 Å². The molecular weight excluding hydrogens is 846 g/mol. The van der Waals surface area contributed by atoms with Gasteiger partial charge in [0.1, 0.15) is 0 Å². The molecule has 8 aromatic carbocycles. The minimum absolute atomic E-state index is 0.00255. The van der Waals surface area contributed by atoms with Crippen LogP contribution in [0.5, 0.6) is 0 Å². The molecule has 4 heteroatoms. The van der Waals surface area contributed by atoms with Crippen molar-refractivity contribution in [2.75, 3.05) is 4.90 Å². The zero-order chi connectivity index (χ0) is 48.9. The topological polar surface area (TPSA) is 13.1 Å². The van der Waals surface area contributed by atoms with Crippen molar-refractivity contribution < 1.29 is 0 Å². The van der Waals surface area contributed by atoms with E-state index in [0.29, 0.717) is 0 Å². The van der Waals surface area contributed by atoms with E-state index in [2.05, 4.69) is 244 Å². The number of aryl methyl sites for hydroxylation is 3. The van der Waals surface area contributed by atoms with Crippen LogP contribution in [0.3, 0.4) is 0 Å². The molecule has 4 heterocycles. The molecule has 70 heavy (non-hydrogen) atoms. The Morgan fingerprint density at radius 1 is 0.471 bits per heavy atom. The molecule has 0 spiro atoms. The lowest BCUT2D eigenvalue weighted by Crippen LogP contribution is -2.60. The third kappa shape index (κ3) is 5.77. The molecule has 0 saturated heterocycles. The summed E-state index contributed by atoms with van der Waals surface area (Å²) in [6, 6.07) is 52.9. The van der Waals surface area contributed by atoms with Crippen molar-refractivity contribution in [2.24, 2.45) is 0 Å². The SMILES string of the molecule is Cc1ccc2c(c1)c1cc3c(cc1n2-c1c(C)cccc1C)N(c1ccc2c(c1)C(C)(C)c1ccccc1-2)c1cc(C(C)(C)C)c2c4cc(C(C)(C)C)ccc4n4c2c1B3c1cc(C(C)(C)C)ccc1-4. The number of benzene rings is 8. The molecule has 346 valence electrons. The third-order valence-corrected chi connectivity index (χ3v) is 16.8. The lowest BCUT2D eigenvalue weighted by Gasteiger charge is -2.42. The number of hydrogen-bond donors (Lipinski definition) is 0. The maximum absolute atomic E-state index is 2.69. The Hall–Kier alpha value is -6.78. The van der Waals surface area contributed by atoms with Crippen molar-refractivity contribution in [3.63, 3.8) is 0 Å². The molecule has 2 aliphatic heterocycles. The highest BCUT2D eigenvalue weighted by Gasteiger charge is 2.45. The monoisotopic (exact) mass is 910 g/mol. The summed E-state index contributed by atoms with van der Waals surface area (Å²) in [4.78, 5) is 2.69. The van der Waals surface area contributed by atoms with Crippen molar-refractivity contribution in [2.45, 2.75) is 119 Å². The quantitative estimate of drug-likeness (QED) is 0.158. The van der Waals surface area contributed by atoms with Gasteiger partial charge in [-0.05, 0) is 158 Å². The molecule has 0 bridgehead atoms. The molecule has 3 nitrogen and oxygen atoms in total. The predicted octanol–water partition coefficient (Wildman–Crippen LogP) is 15.6. The number of rotatable bonds is 2. The minimum Gasteiger partial charge on any atom is -0.311 e. The van der Waals surface area contributed by atoms with Gasteiger partial charge in [0.25, 0.3) is 6.71 Å². The lowest BCUT2D eigenvalue weighted by atomic mass is 9.33. The van der Waals surface area contributed by atoms with Crippen LogP contribution in [0, 0.1) is 20.8 Å². The Bertz CT molecular complexity index is 3940. The summed E-state index contributed by atoms with van der Waals surface area (Å²) in [6.45, 7) is 33.0. The van der Waals surface area contributed by atoms with Crippen LogP contribution in [0.25, 0.3) is 66.1 Å². The Morgan fingerprint density at radius 2 is 1.11 bits per heavy atom. The second-order valence-electron chi connectivity index (χ2n) is 24.9. The van der Waals surface area contributed by atoms with Gasteiger partial charge < -0.3 is 14.0 Å². The van der Waals surface area contributed by atoms with E-state index in [1.807, 2.05) is 0 Å². The van der Waals surface area contributed by atoms with Gasteiger partial charge in [0.2, 0.25) is 0 Å². The molecule has 0 atom stereocenters. The summed E-state index contributed by atoms with van der Waals surface area (Å²) in [6.07, 6.45) is 0. The molecule has 0 saturated carbocycles. The molecule has 0 unspecified atom stereocenters. The second-order valence-corrected chi connectivity index (χ2v) is 24.9. The molecule has 0 N–H and O–H groups in total. The number of hydrogen-bond acceptors (Lipinski definition) is 1. The Kier molecular flexibility index (Phi) is 8.63. The van der Waals surface area contributed by atoms with Crippen molar-refractivity contribution in [1.29, 1.82) is 0 Å². The number of fused-ring (bicyclic) bond motifs is 14. The van der Waals surface area contributed by atoms with Crippen LogP contribution in [0.2, 0.25) is 0 Å². The largest absolute Gasteiger partial charge is 0.311 e. The summed E-state index contributed by atoms with van der Waals surface area (Å²) in [5, 5.41) is 5.33. The van der Waals surface area contributed by atoms with Gasteiger partial charge in [-0.2, -0.15) is 0 Å². The van der Waals surface area contributed by atoms with E-state index in [1.54, 1.807) is 0 Å². The van der Waals surface area contributed by atoms with Crippen LogP contribution in [-0.2, 0) is 21.7 Å². The van der Waals surface area contributed by atoms with Crippen LogP contribution < -0.4 is 21.3 Å². The average Bonchev–Trinajstić information content (AvgIpc) is 3.88. The fourth-order valence-corrected chi connectivity index (χ4v) is 13.2. The minimum atomic E-state index is -0.165. The lowest BCUT2D eigenvalue weighted by molar-refractivity contribution is 0.590. The van der Waals surface area contributed by atoms with Crippen LogP contribution in [0.1, 0.15) is 121 Å². The Balaban J connectivity index is 1.24. The predicted molar refractivity (Wildman–Crippen MR) is 302 cm³/mol. The molecule has 1 aliphatic carbocycles. The summed E-state index contributed by atoms with van der Waals surface area (Å²) in [5.74, 6) is 0. The van der Waals surface area contributed by atoms with E-state index in [-0.39, 0.29) is 28.4 Å². The van der Waals surface area contributed by atoms with Gasteiger partial charge in [-0.25, -0.2) is 0 Å². The first-order chi connectivity index (χ1) is 33.1. The molecule has 2 aromatic heterocycles. The molecule has 13 rings (SSSR count). The number of nitrogens with zero attached hydrogens (tertiary/aromatic N) is 3. The van der Waals surface area contributed by atoms with E-state index in [1.165, 1.54) is 144 Å². The summed E-state index contributed by atoms with van der Waals surface area (Å²) >= 11 is 0. The maximum Gasteiger partial charge on any atom is 0.252 e. The number of aromatic nitrogens is 2. The van der Waals surface area contributed by atoms with Crippen molar-refractivity contribution in [3.8, 4) is 22.5 Å². The van der Waals surface area contributed by atoms with E-state index < -0.39 is 0 Å².